The summed E-state index contributed by atoms with van der Waals surface area (Å²) in [5.74, 6) is -2.02. The lowest BCUT2D eigenvalue weighted by Gasteiger charge is -2.22. The Bertz CT molecular complexity index is 1130. The van der Waals surface area contributed by atoms with E-state index in [0.29, 0.717) is 5.56 Å². The molecule has 0 unspecified atom stereocenters. The molecule has 7 heteroatoms. The highest BCUT2D eigenvalue weighted by Crippen LogP contribution is 2.20. The topological polar surface area (TPSA) is 84.5 Å². The molecule has 176 valence electrons. The van der Waals surface area contributed by atoms with Crippen LogP contribution in [0.2, 0.25) is 0 Å². The Kier molecular flexibility index (Phi) is 8.51. The van der Waals surface area contributed by atoms with Crippen LogP contribution in [0.1, 0.15) is 18.1 Å². The van der Waals surface area contributed by atoms with Gasteiger partial charge in [-0.15, -0.1) is 0 Å². The van der Waals surface area contributed by atoms with Gasteiger partial charge in [-0.25, -0.2) is 9.18 Å². The van der Waals surface area contributed by atoms with E-state index in [1.54, 1.807) is 6.07 Å². The van der Waals surface area contributed by atoms with E-state index < -0.39 is 35.7 Å². The second-order valence-corrected chi connectivity index (χ2v) is 7.94. The van der Waals surface area contributed by atoms with Crippen LogP contribution in [0.25, 0.3) is 11.1 Å². The summed E-state index contributed by atoms with van der Waals surface area (Å²) >= 11 is 0. The van der Waals surface area contributed by atoms with Crippen molar-refractivity contribution in [2.24, 2.45) is 0 Å². The molecule has 0 fully saturated rings. The van der Waals surface area contributed by atoms with Crippen molar-refractivity contribution in [1.82, 2.24) is 10.6 Å². The molecule has 0 aromatic heterocycles. The van der Waals surface area contributed by atoms with E-state index in [0.717, 1.165) is 16.7 Å². The van der Waals surface area contributed by atoms with E-state index in [2.05, 4.69) is 10.6 Å². The molecule has 34 heavy (non-hydrogen) atoms. The molecular weight excluding hydrogens is 435 g/mol. The van der Waals surface area contributed by atoms with Crippen molar-refractivity contribution in [3.63, 3.8) is 0 Å². The van der Waals surface area contributed by atoms with Crippen LogP contribution in [0.3, 0.4) is 0 Å². The van der Waals surface area contributed by atoms with Crippen LogP contribution in [0, 0.1) is 5.82 Å². The van der Waals surface area contributed by atoms with Crippen LogP contribution < -0.4 is 10.6 Å². The number of amides is 2. The molecule has 0 aliphatic heterocycles. The Morgan fingerprint density at radius 1 is 0.794 bits per heavy atom. The third-order valence-corrected chi connectivity index (χ3v) is 5.33. The van der Waals surface area contributed by atoms with Crippen molar-refractivity contribution in [3.05, 3.63) is 95.8 Å². The minimum absolute atomic E-state index is 0.0723. The summed E-state index contributed by atoms with van der Waals surface area (Å²) in [5.41, 5.74) is 3.47. The summed E-state index contributed by atoms with van der Waals surface area (Å²) in [6, 6.07) is 21.4. The molecule has 2 amide bonds. The minimum atomic E-state index is -0.980. The van der Waals surface area contributed by atoms with Crippen LogP contribution in [0.15, 0.2) is 78.9 Å². The number of ether oxygens (including phenoxy) is 1. The third-order valence-electron chi connectivity index (χ3n) is 5.33. The quantitative estimate of drug-likeness (QED) is 0.477. The normalized spacial score (nSPS) is 12.3. The Labute approximate surface area is 198 Å². The molecule has 0 radical (unpaired) electrons. The van der Waals surface area contributed by atoms with Gasteiger partial charge in [0.2, 0.25) is 11.8 Å². The highest BCUT2D eigenvalue weighted by Gasteiger charge is 2.27. The van der Waals surface area contributed by atoms with E-state index in [9.17, 15) is 18.8 Å². The fourth-order valence-corrected chi connectivity index (χ4v) is 3.66. The van der Waals surface area contributed by atoms with Gasteiger partial charge >= 0.3 is 5.97 Å². The molecule has 0 aliphatic carbocycles. The van der Waals surface area contributed by atoms with E-state index in [4.69, 9.17) is 4.74 Å². The molecule has 0 spiro atoms. The summed E-state index contributed by atoms with van der Waals surface area (Å²) in [6.07, 6.45) is 0.281. The zero-order valence-corrected chi connectivity index (χ0v) is 19.1. The van der Waals surface area contributed by atoms with Crippen LogP contribution in [0.4, 0.5) is 4.39 Å². The first kappa shape index (κ1) is 24.6. The highest BCUT2D eigenvalue weighted by molar-refractivity contribution is 5.90. The Balaban J connectivity index is 1.74. The zero-order valence-electron chi connectivity index (χ0n) is 19.1. The summed E-state index contributed by atoms with van der Waals surface area (Å²) < 4.78 is 18.5. The monoisotopic (exact) mass is 462 g/mol. The van der Waals surface area contributed by atoms with Crippen molar-refractivity contribution < 1.29 is 23.5 Å². The largest absolute Gasteiger partial charge is 0.467 e. The molecule has 0 aliphatic rings. The SMILES string of the molecule is COC(=O)[C@@H](Cc1ccc(-c2ccccc2)cc1)NC(=O)[C@H](Cc1cccc(F)c1)NC(C)=O. The lowest BCUT2D eigenvalue weighted by Crippen LogP contribution is -2.53. The molecule has 0 saturated heterocycles. The third kappa shape index (κ3) is 7.00. The van der Waals surface area contributed by atoms with Gasteiger partial charge in [0, 0.05) is 19.8 Å². The molecule has 3 aromatic rings. The van der Waals surface area contributed by atoms with Gasteiger partial charge in [0.1, 0.15) is 17.9 Å². The van der Waals surface area contributed by atoms with Crippen molar-refractivity contribution in [1.29, 1.82) is 0 Å². The number of benzene rings is 3. The van der Waals surface area contributed by atoms with Gasteiger partial charge in [0.05, 0.1) is 7.11 Å². The maximum absolute atomic E-state index is 13.6. The molecule has 6 nitrogen and oxygen atoms in total. The van der Waals surface area contributed by atoms with Gasteiger partial charge in [-0.1, -0.05) is 66.7 Å². The highest BCUT2D eigenvalue weighted by atomic mass is 19.1. The zero-order chi connectivity index (χ0) is 24.5. The number of rotatable bonds is 9. The molecule has 2 atom stereocenters. The number of carbonyl (C=O) groups is 3. The Morgan fingerprint density at radius 3 is 2.06 bits per heavy atom. The van der Waals surface area contributed by atoms with Gasteiger partial charge in [0.25, 0.3) is 0 Å². The lowest BCUT2D eigenvalue weighted by atomic mass is 10.00. The first-order chi connectivity index (χ1) is 16.4. The summed E-state index contributed by atoms with van der Waals surface area (Å²) in [4.78, 5) is 37.1. The van der Waals surface area contributed by atoms with E-state index in [1.165, 1.54) is 32.2 Å². The van der Waals surface area contributed by atoms with Crippen LogP contribution in [-0.4, -0.2) is 37.0 Å². The molecule has 0 heterocycles. The number of carbonyl (C=O) groups excluding carboxylic acids is 3. The van der Waals surface area contributed by atoms with Gasteiger partial charge in [-0.05, 0) is 34.4 Å². The maximum Gasteiger partial charge on any atom is 0.328 e. The standard InChI is InChI=1S/C27H27FN2O4/c1-18(31)29-24(17-20-7-6-10-23(28)15-20)26(32)30-25(27(33)34-2)16-19-11-13-22(14-12-19)21-8-4-3-5-9-21/h3-15,24-25H,16-17H2,1-2H3,(H,29,31)(H,30,32)/t24-,25+/m0/s1. The predicted octanol–water partition coefficient (Wildman–Crippen LogP) is 3.44. The first-order valence-electron chi connectivity index (χ1n) is 10.9. The first-order valence-corrected chi connectivity index (χ1v) is 10.9. The number of hydrogen-bond acceptors (Lipinski definition) is 4. The van der Waals surface area contributed by atoms with E-state index in [-0.39, 0.29) is 12.8 Å². The van der Waals surface area contributed by atoms with Gasteiger partial charge < -0.3 is 15.4 Å². The van der Waals surface area contributed by atoms with E-state index in [1.807, 2.05) is 54.6 Å². The van der Waals surface area contributed by atoms with E-state index >= 15 is 0 Å². The maximum atomic E-state index is 13.6. The average molecular weight is 463 g/mol. The van der Waals surface area contributed by atoms with Crippen LogP contribution >= 0.6 is 0 Å². The number of esters is 1. The molecular formula is C27H27FN2O4. The summed E-state index contributed by atoms with van der Waals surface area (Å²) in [5, 5.41) is 5.25. The van der Waals surface area contributed by atoms with Gasteiger partial charge in [-0.3, -0.25) is 9.59 Å². The van der Waals surface area contributed by atoms with Crippen LogP contribution in [-0.2, 0) is 32.0 Å². The van der Waals surface area contributed by atoms with Crippen LogP contribution in [0.5, 0.6) is 0 Å². The smallest absolute Gasteiger partial charge is 0.328 e. The van der Waals surface area contributed by atoms with Crippen molar-refractivity contribution in [2.75, 3.05) is 7.11 Å². The number of nitrogens with one attached hydrogen (secondary N) is 2. The number of halogens is 1. The second-order valence-electron chi connectivity index (χ2n) is 7.94. The lowest BCUT2D eigenvalue weighted by molar-refractivity contribution is -0.145. The fourth-order valence-electron chi connectivity index (χ4n) is 3.66. The number of methoxy groups -OCH3 is 1. The summed E-state index contributed by atoms with van der Waals surface area (Å²) in [6.45, 7) is 1.29. The second kappa shape index (κ2) is 11.7. The predicted molar refractivity (Wildman–Crippen MR) is 127 cm³/mol. The van der Waals surface area contributed by atoms with Crippen molar-refractivity contribution in [2.45, 2.75) is 31.8 Å². The van der Waals surface area contributed by atoms with Crippen molar-refractivity contribution in [3.8, 4) is 11.1 Å². The molecule has 0 bridgehead atoms. The average Bonchev–Trinajstić information content (AvgIpc) is 2.83. The van der Waals surface area contributed by atoms with Gasteiger partial charge in [-0.2, -0.15) is 0 Å². The molecule has 2 N–H and O–H groups in total. The van der Waals surface area contributed by atoms with Gasteiger partial charge in [0.15, 0.2) is 0 Å². The number of hydrogen-bond donors (Lipinski definition) is 2. The molecule has 0 saturated carbocycles. The molecule has 3 rings (SSSR count). The Morgan fingerprint density at radius 2 is 1.44 bits per heavy atom. The molecule has 3 aromatic carbocycles. The Hall–Kier alpha value is -4.00. The fraction of sp³-hybridized carbons (Fsp3) is 0.222. The van der Waals surface area contributed by atoms with Crippen molar-refractivity contribution >= 4 is 17.8 Å². The summed E-state index contributed by atoms with van der Waals surface area (Å²) in [7, 11) is 1.25. The minimum Gasteiger partial charge on any atom is -0.467 e.